The molecule has 0 saturated carbocycles. The lowest BCUT2D eigenvalue weighted by molar-refractivity contribution is 0.464. The largest absolute Gasteiger partial charge is 0.439 e. The van der Waals surface area contributed by atoms with Crippen LogP contribution in [0, 0.1) is 0 Å². The van der Waals surface area contributed by atoms with Crippen molar-refractivity contribution in [1.29, 1.82) is 0 Å². The van der Waals surface area contributed by atoms with Gasteiger partial charge in [0.2, 0.25) is 5.88 Å². The molecule has 0 fully saturated rings. The van der Waals surface area contributed by atoms with E-state index in [1.54, 1.807) is 41.0 Å². The number of rotatable bonds is 8. The summed E-state index contributed by atoms with van der Waals surface area (Å²) in [4.78, 5) is 11.0. The van der Waals surface area contributed by atoms with E-state index in [0.29, 0.717) is 40.4 Å². The van der Waals surface area contributed by atoms with Crippen LogP contribution in [0.4, 0.5) is 34.1 Å². The molecular formula is C60H48B2N8O. The molecule has 6 aromatic carbocycles. The summed E-state index contributed by atoms with van der Waals surface area (Å²) in [6.07, 6.45) is 22.6. The van der Waals surface area contributed by atoms with Crippen LogP contribution in [-0.2, 0) is 0 Å². The Balaban J connectivity index is 1.00. The van der Waals surface area contributed by atoms with E-state index in [2.05, 4.69) is 94.9 Å². The highest BCUT2D eigenvalue weighted by Crippen LogP contribution is 2.49. The minimum Gasteiger partial charge on any atom is -0.439 e. The highest BCUT2D eigenvalue weighted by atomic mass is 16.5. The Labute approximate surface area is 425 Å². The summed E-state index contributed by atoms with van der Waals surface area (Å²) in [6.45, 7) is -2.25. The van der Waals surface area contributed by atoms with Crippen LogP contribution < -0.4 is 35.4 Å². The van der Waals surface area contributed by atoms with Crippen LogP contribution in [0.25, 0.3) is 44.0 Å². The van der Waals surface area contributed by atoms with Crippen LogP contribution in [0.3, 0.4) is 0 Å². The Morgan fingerprint density at radius 1 is 0.634 bits per heavy atom. The number of fused-ring (bicyclic) bond motifs is 5. The Hall–Kier alpha value is -9.08. The fraction of sp³-hybridized carbons (Fsp3) is 0.0500. The van der Waals surface area contributed by atoms with Crippen LogP contribution in [0.1, 0.15) is 27.0 Å². The van der Waals surface area contributed by atoms with Crippen molar-refractivity contribution in [3.63, 3.8) is 0 Å². The molecule has 0 bridgehead atoms. The number of aromatic nitrogens is 2. The number of allylic oxidation sites excluding steroid dienone is 8. The number of para-hydroxylation sites is 6. The van der Waals surface area contributed by atoms with E-state index >= 15 is 0 Å². The third kappa shape index (κ3) is 8.37. The van der Waals surface area contributed by atoms with Crippen LogP contribution in [0.15, 0.2) is 237 Å². The zero-order valence-electron chi connectivity index (χ0n) is 45.3. The number of hydrogen-bond donors (Lipinski definition) is 3. The highest BCUT2D eigenvalue weighted by molar-refractivity contribution is 6.67. The van der Waals surface area contributed by atoms with E-state index in [1.807, 2.05) is 122 Å². The quantitative estimate of drug-likeness (QED) is 0.130. The fourth-order valence-electron chi connectivity index (χ4n) is 9.53. The molecule has 0 spiro atoms. The van der Waals surface area contributed by atoms with Crippen molar-refractivity contribution in [2.45, 2.75) is 6.29 Å². The lowest BCUT2D eigenvalue weighted by Gasteiger charge is -2.28. The zero-order valence-corrected chi connectivity index (χ0v) is 38.3. The van der Waals surface area contributed by atoms with Crippen LogP contribution in [0.5, 0.6) is 11.6 Å². The van der Waals surface area contributed by atoms with E-state index in [-0.39, 0.29) is 28.9 Å². The number of ether oxygens (including phenoxy) is 1. The van der Waals surface area contributed by atoms with Gasteiger partial charge in [-0.05, 0) is 83.9 Å². The molecule has 6 heterocycles. The van der Waals surface area contributed by atoms with Gasteiger partial charge in [0, 0.05) is 64.4 Å². The SMILES string of the molecule is [2H]c1c([2H])c([2H])c2c(c1[2H])c1ccc(Oc3cc(N4CN(c5c(/C6=C/C=C\N/C=C\C=C/[B]6)cccc5/C5=C/C=C\N/C=C\C=C/[B]5)c5ccccc54)cc(-c4ccccc4)n3)cc1n2C1Nc2ccccc2N1C([2H])([2H])[2H]. The number of anilines is 6. The van der Waals surface area contributed by atoms with Crippen molar-refractivity contribution in [2.24, 2.45) is 0 Å². The molecule has 71 heavy (non-hydrogen) atoms. The molecule has 1 unspecified atom stereocenters. The van der Waals surface area contributed by atoms with Crippen molar-refractivity contribution in [3.8, 4) is 22.9 Å². The summed E-state index contributed by atoms with van der Waals surface area (Å²) in [6, 6.07) is 39.6. The molecule has 12 rings (SSSR count). The van der Waals surface area contributed by atoms with E-state index < -0.39 is 25.4 Å². The Kier molecular flexibility index (Phi) is 9.70. The van der Waals surface area contributed by atoms with Crippen LogP contribution in [0.2, 0.25) is 0 Å². The third-order valence-electron chi connectivity index (χ3n) is 12.7. The topological polar surface area (TPSA) is 72.9 Å². The van der Waals surface area contributed by atoms with Crippen LogP contribution in [-0.4, -0.2) is 37.8 Å². The first-order valence-electron chi connectivity index (χ1n) is 26.8. The molecule has 1 atom stereocenters. The molecule has 0 saturated heterocycles. The molecule has 340 valence electrons. The van der Waals surface area contributed by atoms with Gasteiger partial charge >= 0.3 is 0 Å². The van der Waals surface area contributed by atoms with Gasteiger partial charge in [0.1, 0.15) is 12.4 Å². The molecule has 4 aliphatic rings. The summed E-state index contributed by atoms with van der Waals surface area (Å²) in [7, 11) is 4.25. The van der Waals surface area contributed by atoms with Crippen molar-refractivity contribution in [2.75, 3.05) is 33.7 Å². The lowest BCUT2D eigenvalue weighted by Crippen LogP contribution is -2.29. The van der Waals surface area contributed by atoms with Gasteiger partial charge in [-0.1, -0.05) is 126 Å². The van der Waals surface area contributed by atoms with E-state index in [0.717, 1.165) is 50.4 Å². The number of benzene rings is 6. The summed E-state index contributed by atoms with van der Waals surface area (Å²) in [5.41, 5.74) is 10.9. The molecule has 0 aliphatic carbocycles. The van der Waals surface area contributed by atoms with Gasteiger partial charge in [-0.3, -0.25) is 0 Å². The van der Waals surface area contributed by atoms with Crippen molar-refractivity contribution < 1.29 is 14.3 Å². The maximum atomic E-state index is 9.23. The smallest absolute Gasteiger partial charge is 0.221 e. The Bertz CT molecular complexity index is 3870. The van der Waals surface area contributed by atoms with Gasteiger partial charge in [0.25, 0.3) is 0 Å². The third-order valence-corrected chi connectivity index (χ3v) is 12.7. The highest BCUT2D eigenvalue weighted by Gasteiger charge is 2.33. The molecule has 2 aromatic heterocycles. The summed E-state index contributed by atoms with van der Waals surface area (Å²) >= 11 is 0. The first-order valence-corrected chi connectivity index (χ1v) is 23.3. The van der Waals surface area contributed by atoms with Gasteiger partial charge in [-0.25, -0.2) is 4.98 Å². The van der Waals surface area contributed by atoms with Crippen molar-refractivity contribution >= 4 is 81.4 Å². The summed E-state index contributed by atoms with van der Waals surface area (Å²) in [5.74, 6) is 4.70. The first kappa shape index (κ1) is 36.0. The number of hydrogen-bond acceptors (Lipinski definition) is 8. The average molecular weight is 926 g/mol. The predicted octanol–water partition coefficient (Wildman–Crippen LogP) is 13.3. The van der Waals surface area contributed by atoms with Crippen molar-refractivity contribution in [3.05, 3.63) is 248 Å². The van der Waals surface area contributed by atoms with Gasteiger partial charge in [0.05, 0.1) is 56.3 Å². The summed E-state index contributed by atoms with van der Waals surface area (Å²) in [5, 5.41) is 10.5. The second-order valence-electron chi connectivity index (χ2n) is 17.0. The molecule has 4 aliphatic heterocycles. The standard InChI is InChI=1S/C60H48B2N8O/c1-67-54-27-8-6-25-51(54)66-60(67)70-53-26-7-5-20-45(53)46-31-30-44(40-57(46)70)71-58-39-43(38-52(65-58)42-18-3-2-4-19-42)68-41-69(56-29-10-9-28-55(56)68)59-47(49-23-16-36-63-34-13-11-32-61-49)21-15-22-48(59)50-24-17-37-64-35-14-12-33-62-50/h2-40,60,63-64,66H,41H2,1H3/b32-11-,33-12-,34-13-,35-14-,36-16-,37-17-,49-23-,50-24-/i1D3,5D,7D,20D,26D. The minimum absolute atomic E-state index is 0.148. The second kappa shape index (κ2) is 19.1. The fourth-order valence-corrected chi connectivity index (χ4v) is 9.53. The molecule has 11 heteroatoms. The molecule has 8 aromatic rings. The van der Waals surface area contributed by atoms with E-state index in [4.69, 9.17) is 17.9 Å². The number of nitrogens with zero attached hydrogens (tertiary/aromatic N) is 5. The molecule has 2 radical (unpaired) electrons. The molecule has 0 amide bonds. The van der Waals surface area contributed by atoms with Gasteiger partial charge in [-0.2, -0.15) is 0 Å². The van der Waals surface area contributed by atoms with Gasteiger partial charge < -0.3 is 40.0 Å². The molecular weight excluding hydrogens is 870 g/mol. The van der Waals surface area contributed by atoms with Gasteiger partial charge in [0.15, 0.2) is 20.8 Å². The monoisotopic (exact) mass is 925 g/mol. The lowest BCUT2D eigenvalue weighted by atomic mass is 9.63. The number of pyridine rings is 1. The van der Waals surface area contributed by atoms with Crippen molar-refractivity contribution in [1.82, 2.24) is 20.2 Å². The van der Waals surface area contributed by atoms with E-state index in [1.165, 1.54) is 4.90 Å². The maximum absolute atomic E-state index is 9.23. The normalized spacial score (nSPS) is 21.8. The average Bonchev–Trinajstić information content (AvgIpc) is 4.22. The second-order valence-corrected chi connectivity index (χ2v) is 17.0. The predicted molar refractivity (Wildman–Crippen MR) is 297 cm³/mol. The number of nitrogens with one attached hydrogen (secondary N) is 3. The van der Waals surface area contributed by atoms with Crippen LogP contribution >= 0.6 is 0 Å². The molecule has 3 N–H and O–H groups in total. The van der Waals surface area contributed by atoms with Gasteiger partial charge in [-0.15, -0.1) is 12.0 Å². The summed E-state index contributed by atoms with van der Waals surface area (Å²) < 4.78 is 70.4. The molecule has 9 nitrogen and oxygen atoms in total. The Morgan fingerprint density at radius 3 is 2.06 bits per heavy atom. The zero-order chi connectivity index (χ0) is 53.5. The van der Waals surface area contributed by atoms with E-state index in [9.17, 15) is 1.37 Å². The Morgan fingerprint density at radius 2 is 1.31 bits per heavy atom. The maximum Gasteiger partial charge on any atom is 0.221 e. The first-order chi connectivity index (χ1) is 38.0. The minimum atomic E-state index is -2.65.